The van der Waals surface area contributed by atoms with E-state index >= 15 is 0 Å². The van der Waals surface area contributed by atoms with Crippen LogP contribution in [0.3, 0.4) is 0 Å². The molecule has 1 aromatic carbocycles. The van der Waals surface area contributed by atoms with Gasteiger partial charge in [-0.2, -0.15) is 0 Å². The summed E-state index contributed by atoms with van der Waals surface area (Å²) in [5.41, 5.74) is 6.88. The van der Waals surface area contributed by atoms with Gasteiger partial charge >= 0.3 is 0 Å². The van der Waals surface area contributed by atoms with E-state index in [1.165, 1.54) is 0 Å². The zero-order valence-electron chi connectivity index (χ0n) is 9.28. The third kappa shape index (κ3) is 1.57. The van der Waals surface area contributed by atoms with Gasteiger partial charge in [-0.1, -0.05) is 38.5 Å². The summed E-state index contributed by atoms with van der Waals surface area (Å²) in [7, 11) is 0. The van der Waals surface area contributed by atoms with E-state index in [0.717, 1.165) is 12.0 Å². The van der Waals surface area contributed by atoms with Crippen LogP contribution in [0.5, 0.6) is 0 Å². The molecule has 15 heavy (non-hydrogen) atoms. The molecular formula is C13H18FN. The summed E-state index contributed by atoms with van der Waals surface area (Å²) in [6.45, 7) is 4.25. The van der Waals surface area contributed by atoms with Gasteiger partial charge in [0.15, 0.2) is 0 Å². The number of rotatable bonds is 2. The first-order chi connectivity index (χ1) is 7.16. The Morgan fingerprint density at radius 3 is 2.60 bits per heavy atom. The first kappa shape index (κ1) is 10.6. The fourth-order valence-corrected chi connectivity index (χ4v) is 2.90. The van der Waals surface area contributed by atoms with Crippen LogP contribution in [-0.4, -0.2) is 6.04 Å². The predicted molar refractivity (Wildman–Crippen MR) is 60.1 cm³/mol. The number of benzene rings is 1. The predicted octanol–water partition coefficient (Wildman–Crippen LogP) is 2.91. The van der Waals surface area contributed by atoms with Crippen molar-refractivity contribution in [2.75, 3.05) is 0 Å². The van der Waals surface area contributed by atoms with Crippen LogP contribution >= 0.6 is 0 Å². The minimum atomic E-state index is -0.0836. The van der Waals surface area contributed by atoms with Crippen molar-refractivity contribution >= 4 is 0 Å². The Labute approximate surface area is 90.5 Å². The molecule has 4 atom stereocenters. The van der Waals surface area contributed by atoms with Crippen molar-refractivity contribution in [3.8, 4) is 0 Å². The van der Waals surface area contributed by atoms with Crippen molar-refractivity contribution in [2.24, 2.45) is 17.6 Å². The van der Waals surface area contributed by atoms with E-state index in [2.05, 4.69) is 13.8 Å². The summed E-state index contributed by atoms with van der Waals surface area (Å²) in [5.74, 6) is 1.06. The second-order valence-electron chi connectivity index (χ2n) is 4.56. The Hall–Kier alpha value is -0.890. The van der Waals surface area contributed by atoms with E-state index in [1.54, 1.807) is 12.1 Å². The normalized spacial score (nSPS) is 34.9. The van der Waals surface area contributed by atoms with Crippen LogP contribution < -0.4 is 5.73 Å². The summed E-state index contributed by atoms with van der Waals surface area (Å²) in [6, 6.07) is 7.31. The van der Waals surface area contributed by atoms with E-state index in [-0.39, 0.29) is 11.9 Å². The molecule has 1 saturated carbocycles. The van der Waals surface area contributed by atoms with Gasteiger partial charge in [0.1, 0.15) is 5.82 Å². The van der Waals surface area contributed by atoms with Gasteiger partial charge < -0.3 is 5.73 Å². The van der Waals surface area contributed by atoms with Crippen LogP contribution in [0.1, 0.15) is 31.7 Å². The second-order valence-corrected chi connectivity index (χ2v) is 4.56. The van der Waals surface area contributed by atoms with E-state index in [4.69, 9.17) is 5.73 Å². The van der Waals surface area contributed by atoms with Gasteiger partial charge in [-0.05, 0) is 29.4 Å². The lowest BCUT2D eigenvalue weighted by Crippen LogP contribution is -2.53. The molecule has 1 nitrogen and oxygen atoms in total. The Balaban J connectivity index is 2.28. The summed E-state index contributed by atoms with van der Waals surface area (Å²) < 4.78 is 13.6. The highest BCUT2D eigenvalue weighted by atomic mass is 19.1. The van der Waals surface area contributed by atoms with Crippen molar-refractivity contribution in [1.82, 2.24) is 0 Å². The summed E-state index contributed by atoms with van der Waals surface area (Å²) in [4.78, 5) is 0. The van der Waals surface area contributed by atoms with E-state index in [0.29, 0.717) is 17.8 Å². The third-order valence-corrected chi connectivity index (χ3v) is 3.86. The minimum absolute atomic E-state index is 0.0836. The highest BCUT2D eigenvalue weighted by Crippen LogP contribution is 2.48. The Morgan fingerprint density at radius 1 is 1.33 bits per heavy atom. The highest BCUT2D eigenvalue weighted by Gasteiger charge is 2.45. The lowest BCUT2D eigenvalue weighted by molar-refractivity contribution is 0.106. The Bertz CT molecular complexity index is 350. The van der Waals surface area contributed by atoms with Crippen molar-refractivity contribution in [3.63, 3.8) is 0 Å². The molecule has 0 heterocycles. The molecule has 1 aliphatic carbocycles. The SMILES string of the molecule is CCC1C(N)C(C)C1c1ccccc1F. The molecule has 2 rings (SSSR count). The average Bonchev–Trinajstić information content (AvgIpc) is 2.26. The van der Waals surface area contributed by atoms with Crippen molar-refractivity contribution in [1.29, 1.82) is 0 Å². The summed E-state index contributed by atoms with van der Waals surface area (Å²) in [5, 5.41) is 0. The Morgan fingerprint density at radius 2 is 2.00 bits per heavy atom. The smallest absolute Gasteiger partial charge is 0.126 e. The molecular weight excluding hydrogens is 189 g/mol. The van der Waals surface area contributed by atoms with Crippen molar-refractivity contribution < 1.29 is 4.39 Å². The molecule has 0 aliphatic heterocycles. The van der Waals surface area contributed by atoms with E-state index in [9.17, 15) is 4.39 Å². The van der Waals surface area contributed by atoms with Crippen LogP contribution in [-0.2, 0) is 0 Å². The quantitative estimate of drug-likeness (QED) is 0.792. The second kappa shape index (κ2) is 3.93. The van der Waals surface area contributed by atoms with Gasteiger partial charge in [0.25, 0.3) is 0 Å². The van der Waals surface area contributed by atoms with Gasteiger partial charge in [0.05, 0.1) is 0 Å². The number of nitrogens with two attached hydrogens (primary N) is 1. The molecule has 0 saturated heterocycles. The fraction of sp³-hybridized carbons (Fsp3) is 0.538. The number of hydrogen-bond donors (Lipinski definition) is 1. The molecule has 0 radical (unpaired) electrons. The van der Waals surface area contributed by atoms with Gasteiger partial charge in [-0.15, -0.1) is 0 Å². The Kier molecular flexibility index (Phi) is 2.79. The molecule has 0 spiro atoms. The number of halogens is 1. The first-order valence-electron chi connectivity index (χ1n) is 5.66. The maximum absolute atomic E-state index is 13.6. The molecule has 4 unspecified atom stereocenters. The summed E-state index contributed by atoms with van der Waals surface area (Å²) >= 11 is 0. The van der Waals surface area contributed by atoms with Crippen LogP contribution in [0.15, 0.2) is 24.3 Å². The molecule has 0 aromatic heterocycles. The standard InChI is InChI=1S/C13H18FN/c1-3-9-12(8(2)13(9)15)10-6-4-5-7-11(10)14/h4-9,12-13H,3,15H2,1-2H3. The van der Waals surface area contributed by atoms with Crippen molar-refractivity contribution in [2.45, 2.75) is 32.2 Å². The highest BCUT2D eigenvalue weighted by molar-refractivity contribution is 5.27. The largest absolute Gasteiger partial charge is 0.327 e. The molecule has 82 valence electrons. The molecule has 2 heteroatoms. The lowest BCUT2D eigenvalue weighted by Gasteiger charge is -2.49. The van der Waals surface area contributed by atoms with Crippen LogP contribution in [0, 0.1) is 17.7 Å². The minimum Gasteiger partial charge on any atom is -0.327 e. The maximum Gasteiger partial charge on any atom is 0.126 e. The van der Waals surface area contributed by atoms with Crippen LogP contribution in [0.4, 0.5) is 4.39 Å². The molecule has 1 aliphatic rings. The monoisotopic (exact) mass is 207 g/mol. The molecule has 1 aromatic rings. The maximum atomic E-state index is 13.6. The zero-order valence-corrected chi connectivity index (χ0v) is 9.28. The van der Waals surface area contributed by atoms with E-state index < -0.39 is 0 Å². The van der Waals surface area contributed by atoms with Gasteiger partial charge in [0, 0.05) is 6.04 Å². The first-order valence-corrected chi connectivity index (χ1v) is 5.66. The van der Waals surface area contributed by atoms with Gasteiger partial charge in [-0.25, -0.2) is 4.39 Å². The van der Waals surface area contributed by atoms with Gasteiger partial charge in [0.2, 0.25) is 0 Å². The molecule has 0 amide bonds. The van der Waals surface area contributed by atoms with Crippen LogP contribution in [0.25, 0.3) is 0 Å². The lowest BCUT2D eigenvalue weighted by atomic mass is 9.58. The topological polar surface area (TPSA) is 26.0 Å². The van der Waals surface area contributed by atoms with Crippen molar-refractivity contribution in [3.05, 3.63) is 35.6 Å². The fourth-order valence-electron chi connectivity index (χ4n) is 2.90. The molecule has 0 bridgehead atoms. The zero-order chi connectivity index (χ0) is 11.0. The van der Waals surface area contributed by atoms with Gasteiger partial charge in [-0.3, -0.25) is 0 Å². The van der Waals surface area contributed by atoms with Crippen LogP contribution in [0.2, 0.25) is 0 Å². The third-order valence-electron chi connectivity index (χ3n) is 3.86. The molecule has 2 N–H and O–H groups in total. The summed E-state index contributed by atoms with van der Waals surface area (Å²) in [6.07, 6.45) is 1.03. The average molecular weight is 207 g/mol. The molecule has 1 fully saturated rings. The number of hydrogen-bond acceptors (Lipinski definition) is 1. The van der Waals surface area contributed by atoms with E-state index in [1.807, 2.05) is 12.1 Å².